The van der Waals surface area contributed by atoms with E-state index < -0.39 is 11.9 Å². The molecule has 110 valence electrons. The number of nitrogens with zero attached hydrogens (tertiary/aromatic N) is 2. The van der Waals surface area contributed by atoms with Crippen LogP contribution in [0.4, 0.5) is 10.1 Å². The molecule has 0 saturated heterocycles. The lowest BCUT2D eigenvalue weighted by molar-refractivity contribution is -0.122. The average molecular weight is 292 g/mol. The first-order valence-electron chi connectivity index (χ1n) is 6.17. The zero-order valence-electron chi connectivity index (χ0n) is 11.4. The molecule has 2 heterocycles. The highest BCUT2D eigenvalue weighted by molar-refractivity contribution is 6.02. The van der Waals surface area contributed by atoms with Gasteiger partial charge in [-0.1, -0.05) is 12.1 Å². The van der Waals surface area contributed by atoms with Gasteiger partial charge < -0.3 is 14.8 Å². The molecule has 2 aliphatic heterocycles. The molecule has 3 rings (SSSR count). The Morgan fingerprint density at radius 1 is 1.33 bits per heavy atom. The third kappa shape index (κ3) is 2.14. The number of fused-ring (bicyclic) bond motifs is 1. The number of hydrogen-bond acceptors (Lipinski definition) is 6. The molecule has 0 spiro atoms. The first-order valence-corrected chi connectivity index (χ1v) is 6.17. The maximum atomic E-state index is 13.7. The monoisotopic (exact) mass is 292 g/mol. The van der Waals surface area contributed by atoms with Crippen LogP contribution in [0.5, 0.6) is 0 Å². The van der Waals surface area contributed by atoms with Gasteiger partial charge >= 0.3 is 0 Å². The van der Waals surface area contributed by atoms with Gasteiger partial charge in [-0.25, -0.2) is 4.39 Å². The molecular formula is C13H13FN4O3. The Balaban J connectivity index is 1.99. The zero-order chi connectivity index (χ0) is 15.0. The minimum absolute atomic E-state index is 0.164. The summed E-state index contributed by atoms with van der Waals surface area (Å²) in [6, 6.07) is 3.67. The van der Waals surface area contributed by atoms with E-state index in [0.717, 1.165) is 0 Å². The summed E-state index contributed by atoms with van der Waals surface area (Å²) in [5.41, 5.74) is 3.48. The molecule has 0 aliphatic carbocycles. The van der Waals surface area contributed by atoms with Gasteiger partial charge in [0.2, 0.25) is 11.8 Å². The molecule has 0 fully saturated rings. The van der Waals surface area contributed by atoms with Gasteiger partial charge in [0.15, 0.2) is 6.04 Å². The van der Waals surface area contributed by atoms with Crippen molar-refractivity contribution in [2.24, 2.45) is 5.10 Å². The molecule has 1 aromatic rings. The van der Waals surface area contributed by atoms with Crippen LogP contribution in [-0.4, -0.2) is 31.1 Å². The van der Waals surface area contributed by atoms with Crippen molar-refractivity contribution >= 4 is 17.5 Å². The fourth-order valence-corrected chi connectivity index (χ4v) is 2.22. The van der Waals surface area contributed by atoms with Gasteiger partial charge in [0.05, 0.1) is 26.0 Å². The number of rotatable bonds is 2. The number of hydrogen-bond donors (Lipinski definition) is 2. The Morgan fingerprint density at radius 3 is 2.86 bits per heavy atom. The Kier molecular flexibility index (Phi) is 3.13. The van der Waals surface area contributed by atoms with E-state index in [-0.39, 0.29) is 17.5 Å². The first-order chi connectivity index (χ1) is 10.1. The fourth-order valence-electron chi connectivity index (χ4n) is 2.22. The lowest BCUT2D eigenvalue weighted by Crippen LogP contribution is -2.42. The van der Waals surface area contributed by atoms with Crippen molar-refractivity contribution in [3.05, 3.63) is 41.5 Å². The van der Waals surface area contributed by atoms with Crippen LogP contribution >= 0.6 is 0 Å². The second-order valence-electron chi connectivity index (χ2n) is 4.41. The van der Waals surface area contributed by atoms with E-state index in [2.05, 4.69) is 15.8 Å². The predicted octanol–water partition coefficient (Wildman–Crippen LogP) is 1.09. The van der Waals surface area contributed by atoms with Gasteiger partial charge in [0, 0.05) is 5.56 Å². The first kappa shape index (κ1) is 13.2. The standard InChI is InChI=1S/C13H13FN4O3/c1-20-9-6-10(21-2)17-18(16-9)12-7-4-3-5-8(14)11(7)15-13(12)19/h3-6,12,16H,1-2H3,(H,15,19). The number of amides is 1. The van der Waals surface area contributed by atoms with Crippen LogP contribution in [0.1, 0.15) is 11.6 Å². The van der Waals surface area contributed by atoms with Gasteiger partial charge in [0.1, 0.15) is 5.82 Å². The summed E-state index contributed by atoms with van der Waals surface area (Å²) in [5.74, 6) is -0.249. The number of anilines is 1. The van der Waals surface area contributed by atoms with E-state index in [1.165, 1.54) is 31.5 Å². The Hall–Kier alpha value is -2.77. The SMILES string of the molecule is COC1=CC(OC)=NN(C2C(=O)Nc3c(F)cccc32)N1. The highest BCUT2D eigenvalue weighted by Crippen LogP contribution is 2.36. The molecule has 21 heavy (non-hydrogen) atoms. The van der Waals surface area contributed by atoms with Gasteiger partial charge in [-0.3, -0.25) is 10.2 Å². The zero-order valence-corrected chi connectivity index (χ0v) is 11.4. The molecule has 1 aromatic carbocycles. The van der Waals surface area contributed by atoms with E-state index in [4.69, 9.17) is 9.47 Å². The van der Waals surface area contributed by atoms with E-state index >= 15 is 0 Å². The highest BCUT2D eigenvalue weighted by Gasteiger charge is 2.38. The molecule has 1 atom stereocenters. The minimum Gasteiger partial charge on any atom is -0.481 e. The number of para-hydroxylation sites is 1. The van der Waals surface area contributed by atoms with Gasteiger partial charge in [-0.15, -0.1) is 5.10 Å². The molecular weight excluding hydrogens is 279 g/mol. The highest BCUT2D eigenvalue weighted by atomic mass is 19.1. The van der Waals surface area contributed by atoms with Crippen molar-refractivity contribution in [1.29, 1.82) is 0 Å². The Morgan fingerprint density at radius 2 is 2.14 bits per heavy atom. The summed E-state index contributed by atoms with van der Waals surface area (Å²) in [5, 5.41) is 7.93. The maximum absolute atomic E-state index is 13.7. The van der Waals surface area contributed by atoms with Crippen molar-refractivity contribution in [1.82, 2.24) is 10.5 Å². The van der Waals surface area contributed by atoms with E-state index in [9.17, 15) is 9.18 Å². The van der Waals surface area contributed by atoms with E-state index in [0.29, 0.717) is 11.4 Å². The number of carbonyl (C=O) groups excluding carboxylic acids is 1. The van der Waals surface area contributed by atoms with Crippen LogP contribution in [0.3, 0.4) is 0 Å². The summed E-state index contributed by atoms with van der Waals surface area (Å²) in [7, 11) is 2.92. The smallest absolute Gasteiger partial charge is 0.255 e. The Bertz CT molecular complexity index is 659. The number of hydrazine groups is 1. The molecule has 1 unspecified atom stereocenters. The maximum Gasteiger partial charge on any atom is 0.255 e. The van der Waals surface area contributed by atoms with Crippen LogP contribution in [-0.2, 0) is 14.3 Å². The number of nitrogens with one attached hydrogen (secondary N) is 2. The lowest BCUT2D eigenvalue weighted by Gasteiger charge is -2.29. The summed E-state index contributed by atoms with van der Waals surface area (Å²) in [4.78, 5) is 12.1. The summed E-state index contributed by atoms with van der Waals surface area (Å²) in [6.07, 6.45) is 1.54. The number of ether oxygens (including phenoxy) is 2. The normalized spacial score (nSPS) is 20.0. The van der Waals surface area contributed by atoms with Crippen LogP contribution in [0.2, 0.25) is 0 Å². The van der Waals surface area contributed by atoms with Gasteiger partial charge in [0.25, 0.3) is 5.91 Å². The molecule has 0 aromatic heterocycles. The van der Waals surface area contributed by atoms with Crippen LogP contribution in [0, 0.1) is 5.82 Å². The lowest BCUT2D eigenvalue weighted by atomic mass is 10.1. The molecule has 7 nitrogen and oxygen atoms in total. The molecule has 2 N–H and O–H groups in total. The van der Waals surface area contributed by atoms with Crippen molar-refractivity contribution in [3.8, 4) is 0 Å². The third-order valence-electron chi connectivity index (χ3n) is 3.20. The second kappa shape index (κ2) is 4.97. The summed E-state index contributed by atoms with van der Waals surface area (Å²) in [6.45, 7) is 0. The molecule has 0 saturated carbocycles. The average Bonchev–Trinajstić information content (AvgIpc) is 2.84. The molecule has 0 bridgehead atoms. The van der Waals surface area contributed by atoms with Crippen molar-refractivity contribution in [2.45, 2.75) is 6.04 Å². The topological polar surface area (TPSA) is 75.2 Å². The molecule has 1 amide bonds. The van der Waals surface area contributed by atoms with Gasteiger partial charge in [-0.2, -0.15) is 5.12 Å². The van der Waals surface area contributed by atoms with Crippen LogP contribution in [0.15, 0.2) is 35.3 Å². The number of methoxy groups -OCH3 is 2. The number of carbonyl (C=O) groups is 1. The van der Waals surface area contributed by atoms with E-state index in [1.807, 2.05) is 0 Å². The van der Waals surface area contributed by atoms with Crippen molar-refractivity contribution < 1.29 is 18.7 Å². The van der Waals surface area contributed by atoms with Crippen molar-refractivity contribution in [2.75, 3.05) is 19.5 Å². The quantitative estimate of drug-likeness (QED) is 0.853. The van der Waals surface area contributed by atoms with Gasteiger partial charge in [-0.05, 0) is 6.07 Å². The number of halogens is 1. The van der Waals surface area contributed by atoms with Crippen LogP contribution in [0.25, 0.3) is 0 Å². The molecule has 0 radical (unpaired) electrons. The third-order valence-corrected chi connectivity index (χ3v) is 3.20. The van der Waals surface area contributed by atoms with Crippen LogP contribution < -0.4 is 10.7 Å². The van der Waals surface area contributed by atoms with Crippen molar-refractivity contribution in [3.63, 3.8) is 0 Å². The molecule has 8 heteroatoms. The van der Waals surface area contributed by atoms with E-state index in [1.54, 1.807) is 12.1 Å². The summed E-state index contributed by atoms with van der Waals surface area (Å²) < 4.78 is 23.9. The predicted molar refractivity (Wildman–Crippen MR) is 72.3 cm³/mol. The summed E-state index contributed by atoms with van der Waals surface area (Å²) >= 11 is 0. The molecule has 2 aliphatic rings. The second-order valence-corrected chi connectivity index (χ2v) is 4.41. The fraction of sp³-hybridized carbons (Fsp3) is 0.231. The number of hydrazone groups is 1. The minimum atomic E-state index is -0.820. The largest absolute Gasteiger partial charge is 0.481 e. The Labute approximate surface area is 120 Å². The number of benzene rings is 1.